The van der Waals surface area contributed by atoms with Gasteiger partial charge in [-0.2, -0.15) is 0 Å². The first-order chi connectivity index (χ1) is 6.87. The molecule has 3 nitrogen and oxygen atoms in total. The van der Waals surface area contributed by atoms with Gasteiger partial charge in [-0.3, -0.25) is 0 Å². The number of allylic oxidation sites excluding steroid dienone is 1. The summed E-state index contributed by atoms with van der Waals surface area (Å²) in [6.45, 7) is 5.62. The second kappa shape index (κ2) is 4.73. The van der Waals surface area contributed by atoms with Crippen LogP contribution in [0.1, 0.15) is 40.0 Å². The van der Waals surface area contributed by atoms with Crippen molar-refractivity contribution in [1.29, 1.82) is 0 Å². The number of hydrogen-bond acceptors (Lipinski definition) is 2. The number of hydrogen-bond donors (Lipinski definition) is 1. The highest BCUT2D eigenvalue weighted by Crippen LogP contribution is 2.16. The summed E-state index contributed by atoms with van der Waals surface area (Å²) in [6, 6.07) is 0.239. The summed E-state index contributed by atoms with van der Waals surface area (Å²) in [4.78, 5) is 11.5. The zero-order chi connectivity index (χ0) is 11.5. The molecule has 0 aromatic heterocycles. The zero-order valence-electron chi connectivity index (χ0n) is 10.1. The average Bonchev–Trinajstić information content (AvgIpc) is 2.05. The van der Waals surface area contributed by atoms with E-state index in [2.05, 4.69) is 19.2 Å². The van der Waals surface area contributed by atoms with Crippen molar-refractivity contribution in [3.8, 4) is 0 Å². The lowest BCUT2D eigenvalue weighted by Gasteiger charge is -2.25. The summed E-state index contributed by atoms with van der Waals surface area (Å²) in [6.07, 6.45) is 4.89. The van der Waals surface area contributed by atoms with E-state index < -0.39 is 5.60 Å². The SMILES string of the molecule is BC1=CCC(NC(=O)OC(C)(C)C)CC1. The lowest BCUT2D eigenvalue weighted by Crippen LogP contribution is -2.39. The molecule has 0 aliphatic heterocycles. The van der Waals surface area contributed by atoms with Crippen LogP contribution >= 0.6 is 0 Å². The first-order valence-corrected chi connectivity index (χ1v) is 5.52. The molecule has 1 aliphatic carbocycles. The molecule has 1 aliphatic rings. The Morgan fingerprint density at radius 1 is 1.60 bits per heavy atom. The van der Waals surface area contributed by atoms with E-state index in [1.807, 2.05) is 20.8 Å². The van der Waals surface area contributed by atoms with Gasteiger partial charge in [0.15, 0.2) is 0 Å². The number of rotatable bonds is 1. The minimum atomic E-state index is -0.412. The molecule has 0 fully saturated rings. The number of amides is 1. The van der Waals surface area contributed by atoms with Gasteiger partial charge in [0.25, 0.3) is 0 Å². The molecule has 1 unspecified atom stereocenters. The van der Waals surface area contributed by atoms with Gasteiger partial charge in [0, 0.05) is 6.04 Å². The summed E-state index contributed by atoms with van der Waals surface area (Å²) in [5.74, 6) is 0. The Labute approximate surface area is 92.7 Å². The Morgan fingerprint density at radius 2 is 2.27 bits per heavy atom. The monoisotopic (exact) mass is 209 g/mol. The highest BCUT2D eigenvalue weighted by molar-refractivity contribution is 6.21. The van der Waals surface area contributed by atoms with Gasteiger partial charge < -0.3 is 10.1 Å². The van der Waals surface area contributed by atoms with Crippen molar-refractivity contribution < 1.29 is 9.53 Å². The van der Waals surface area contributed by atoms with E-state index in [1.165, 1.54) is 5.47 Å². The van der Waals surface area contributed by atoms with Crippen LogP contribution in [0.15, 0.2) is 11.5 Å². The minimum Gasteiger partial charge on any atom is -0.444 e. The molecule has 84 valence electrons. The summed E-state index contributed by atoms with van der Waals surface area (Å²) >= 11 is 0. The van der Waals surface area contributed by atoms with Gasteiger partial charge in [-0.15, -0.1) is 5.47 Å². The normalized spacial score (nSPS) is 21.8. The predicted molar refractivity (Wildman–Crippen MR) is 63.6 cm³/mol. The van der Waals surface area contributed by atoms with Crippen molar-refractivity contribution in [1.82, 2.24) is 5.32 Å². The predicted octanol–water partition coefficient (Wildman–Crippen LogP) is 1.58. The average molecular weight is 209 g/mol. The largest absolute Gasteiger partial charge is 0.444 e. The van der Waals surface area contributed by atoms with Gasteiger partial charge in [-0.05, 0) is 40.0 Å². The number of carbonyl (C=O) groups is 1. The standard InChI is InChI=1S/C11H20BNO2/c1-11(2,3)15-10(14)13-9-6-4-8(12)5-7-9/h4,9H,5-7,12H2,1-3H3,(H,13,14). The fraction of sp³-hybridized carbons (Fsp3) is 0.727. The molecule has 0 aromatic carbocycles. The molecule has 15 heavy (non-hydrogen) atoms. The molecule has 0 aromatic rings. The Hall–Kier alpha value is -0.925. The Balaban J connectivity index is 2.33. The van der Waals surface area contributed by atoms with E-state index in [4.69, 9.17) is 4.74 Å². The maximum absolute atomic E-state index is 11.5. The molecule has 1 N–H and O–H groups in total. The maximum Gasteiger partial charge on any atom is 0.407 e. The molecule has 0 saturated carbocycles. The third-order valence-electron chi connectivity index (χ3n) is 2.36. The summed E-state index contributed by atoms with van der Waals surface area (Å²) in [7, 11) is 2.13. The topological polar surface area (TPSA) is 38.3 Å². The van der Waals surface area contributed by atoms with Crippen LogP contribution in [-0.4, -0.2) is 25.6 Å². The van der Waals surface area contributed by atoms with Crippen molar-refractivity contribution in [3.05, 3.63) is 11.5 Å². The second-order valence-electron chi connectivity index (χ2n) is 5.17. The van der Waals surface area contributed by atoms with Crippen molar-refractivity contribution >= 4 is 13.9 Å². The van der Waals surface area contributed by atoms with Crippen LogP contribution in [0, 0.1) is 0 Å². The summed E-state index contributed by atoms with van der Waals surface area (Å²) < 4.78 is 5.20. The third-order valence-corrected chi connectivity index (χ3v) is 2.36. The van der Waals surface area contributed by atoms with E-state index in [0.29, 0.717) is 0 Å². The van der Waals surface area contributed by atoms with Gasteiger partial charge in [0.1, 0.15) is 13.4 Å². The Bertz CT molecular complexity index is 268. The quantitative estimate of drug-likeness (QED) is 0.666. The van der Waals surface area contributed by atoms with Gasteiger partial charge >= 0.3 is 6.09 Å². The van der Waals surface area contributed by atoms with Crippen molar-refractivity contribution in [3.63, 3.8) is 0 Å². The lowest BCUT2D eigenvalue weighted by atomic mass is 9.83. The molecule has 0 heterocycles. The van der Waals surface area contributed by atoms with Crippen LogP contribution in [0.25, 0.3) is 0 Å². The minimum absolute atomic E-state index is 0.239. The molecular formula is C11H20BNO2. The summed E-state index contributed by atoms with van der Waals surface area (Å²) in [5, 5.41) is 2.89. The molecular weight excluding hydrogens is 189 g/mol. The van der Waals surface area contributed by atoms with E-state index in [-0.39, 0.29) is 12.1 Å². The summed E-state index contributed by atoms with van der Waals surface area (Å²) in [5.41, 5.74) is 1.00. The molecule has 1 rings (SSSR count). The molecule has 0 spiro atoms. The van der Waals surface area contributed by atoms with Crippen molar-refractivity contribution in [2.75, 3.05) is 0 Å². The number of ether oxygens (including phenoxy) is 1. The fourth-order valence-electron chi connectivity index (χ4n) is 1.57. The van der Waals surface area contributed by atoms with Gasteiger partial charge in [0.05, 0.1) is 0 Å². The number of nitrogens with one attached hydrogen (secondary N) is 1. The van der Waals surface area contributed by atoms with Gasteiger partial charge in [0.2, 0.25) is 0 Å². The van der Waals surface area contributed by atoms with E-state index >= 15 is 0 Å². The van der Waals surface area contributed by atoms with Crippen molar-refractivity contribution in [2.45, 2.75) is 51.7 Å². The molecule has 1 amide bonds. The van der Waals surface area contributed by atoms with Crippen LogP contribution in [0.5, 0.6) is 0 Å². The molecule has 4 heteroatoms. The fourth-order valence-corrected chi connectivity index (χ4v) is 1.57. The van der Waals surface area contributed by atoms with E-state index in [0.717, 1.165) is 19.3 Å². The first kappa shape index (κ1) is 12.1. The van der Waals surface area contributed by atoms with Crippen LogP contribution in [0.2, 0.25) is 0 Å². The highest BCUT2D eigenvalue weighted by Gasteiger charge is 2.20. The highest BCUT2D eigenvalue weighted by atomic mass is 16.6. The molecule has 0 bridgehead atoms. The number of alkyl carbamates (subject to hydrolysis) is 1. The van der Waals surface area contributed by atoms with Crippen LogP contribution in [0.3, 0.4) is 0 Å². The van der Waals surface area contributed by atoms with Crippen molar-refractivity contribution in [2.24, 2.45) is 0 Å². The molecule has 0 saturated heterocycles. The lowest BCUT2D eigenvalue weighted by molar-refractivity contribution is 0.0501. The Morgan fingerprint density at radius 3 is 2.73 bits per heavy atom. The number of carbonyl (C=O) groups excluding carboxylic acids is 1. The smallest absolute Gasteiger partial charge is 0.407 e. The van der Waals surface area contributed by atoms with E-state index in [1.54, 1.807) is 0 Å². The van der Waals surface area contributed by atoms with Crippen LogP contribution in [0.4, 0.5) is 4.79 Å². The van der Waals surface area contributed by atoms with E-state index in [9.17, 15) is 4.79 Å². The first-order valence-electron chi connectivity index (χ1n) is 5.52. The maximum atomic E-state index is 11.5. The van der Waals surface area contributed by atoms with Gasteiger partial charge in [-0.25, -0.2) is 4.79 Å². The molecule has 0 radical (unpaired) electrons. The second-order valence-corrected chi connectivity index (χ2v) is 5.17. The zero-order valence-corrected chi connectivity index (χ0v) is 10.1. The Kier molecular flexibility index (Phi) is 3.83. The van der Waals surface area contributed by atoms with Crippen LogP contribution < -0.4 is 5.32 Å². The third kappa shape index (κ3) is 4.91. The molecule has 1 atom stereocenters. The van der Waals surface area contributed by atoms with Crippen LogP contribution in [-0.2, 0) is 4.74 Å². The van der Waals surface area contributed by atoms with Gasteiger partial charge in [-0.1, -0.05) is 6.08 Å².